The first kappa shape index (κ1) is 28.0. The van der Waals surface area contributed by atoms with Gasteiger partial charge in [-0.1, -0.05) is 121 Å². The van der Waals surface area contributed by atoms with Gasteiger partial charge in [-0.3, -0.25) is 0 Å². The molecular formula is C45H30N2OS. The number of nitrogens with zero attached hydrogens (tertiary/aromatic N) is 1. The van der Waals surface area contributed by atoms with Crippen molar-refractivity contribution in [2.75, 3.05) is 5.73 Å². The normalized spacial score (nSPS) is 11.8. The van der Waals surface area contributed by atoms with Crippen molar-refractivity contribution in [3.05, 3.63) is 163 Å². The summed E-state index contributed by atoms with van der Waals surface area (Å²) in [6.45, 7) is 0.408. The van der Waals surface area contributed by atoms with Gasteiger partial charge in [-0.15, -0.1) is 11.3 Å². The Hall–Kier alpha value is -6.10. The van der Waals surface area contributed by atoms with Gasteiger partial charge >= 0.3 is 0 Å². The van der Waals surface area contributed by atoms with Gasteiger partial charge in [0, 0.05) is 47.6 Å². The Morgan fingerprint density at radius 1 is 0.571 bits per heavy atom. The lowest BCUT2D eigenvalue weighted by molar-refractivity contribution is 0.308. The third-order valence-electron chi connectivity index (χ3n) is 9.86. The van der Waals surface area contributed by atoms with E-state index < -0.39 is 0 Å². The van der Waals surface area contributed by atoms with Crippen molar-refractivity contribution in [1.29, 1.82) is 0 Å². The van der Waals surface area contributed by atoms with E-state index in [1.165, 1.54) is 52.8 Å². The van der Waals surface area contributed by atoms with E-state index >= 15 is 0 Å². The largest absolute Gasteiger partial charge is 0.487 e. The molecule has 0 radical (unpaired) electrons. The maximum atomic E-state index is 6.95. The maximum Gasteiger partial charge on any atom is 0.144 e. The Balaban J connectivity index is 1.05. The number of fused-ring (bicyclic) bond motifs is 9. The second-order valence-corrected chi connectivity index (χ2v) is 13.7. The van der Waals surface area contributed by atoms with Crippen molar-refractivity contribution < 1.29 is 4.74 Å². The van der Waals surface area contributed by atoms with Crippen LogP contribution >= 0.6 is 11.3 Å². The van der Waals surface area contributed by atoms with Crippen LogP contribution in [-0.2, 0) is 6.61 Å². The first-order valence-corrected chi connectivity index (χ1v) is 17.4. The monoisotopic (exact) mass is 646 g/mol. The number of aromatic nitrogens is 1. The van der Waals surface area contributed by atoms with Crippen LogP contribution in [0.3, 0.4) is 0 Å². The molecule has 0 atom stereocenters. The smallest absolute Gasteiger partial charge is 0.144 e. The molecule has 0 unspecified atom stereocenters. The van der Waals surface area contributed by atoms with E-state index in [1.807, 2.05) is 0 Å². The van der Waals surface area contributed by atoms with Crippen LogP contribution in [0.1, 0.15) is 5.56 Å². The summed E-state index contributed by atoms with van der Waals surface area (Å²) in [5.41, 5.74) is 14.6. The number of ether oxygens (including phenoxy) is 1. The van der Waals surface area contributed by atoms with Gasteiger partial charge < -0.3 is 15.0 Å². The summed E-state index contributed by atoms with van der Waals surface area (Å²) in [7, 11) is 0. The van der Waals surface area contributed by atoms with Gasteiger partial charge in [0.25, 0.3) is 0 Å². The Morgan fingerprint density at radius 3 is 2.12 bits per heavy atom. The van der Waals surface area contributed by atoms with Gasteiger partial charge in [0.2, 0.25) is 0 Å². The molecule has 2 aromatic heterocycles. The summed E-state index contributed by atoms with van der Waals surface area (Å²) >= 11 is 1.79. The molecule has 2 N–H and O–H groups in total. The van der Waals surface area contributed by atoms with Gasteiger partial charge in [-0.25, -0.2) is 0 Å². The molecule has 0 saturated heterocycles. The molecule has 232 valence electrons. The first-order valence-electron chi connectivity index (χ1n) is 16.6. The zero-order chi connectivity index (χ0) is 32.5. The van der Waals surface area contributed by atoms with Crippen LogP contribution in [-0.4, -0.2) is 4.57 Å². The number of thiophene rings is 1. The fourth-order valence-electron chi connectivity index (χ4n) is 7.49. The molecule has 49 heavy (non-hydrogen) atoms. The lowest BCUT2D eigenvalue weighted by atomic mass is 9.98. The summed E-state index contributed by atoms with van der Waals surface area (Å²) in [6.07, 6.45) is 0. The van der Waals surface area contributed by atoms with Crippen LogP contribution in [0.15, 0.2) is 158 Å². The van der Waals surface area contributed by atoms with Gasteiger partial charge in [0.1, 0.15) is 12.4 Å². The van der Waals surface area contributed by atoms with Gasteiger partial charge in [-0.05, 0) is 63.7 Å². The summed E-state index contributed by atoms with van der Waals surface area (Å²) in [6, 6.07) is 56.3. The first-order chi connectivity index (χ1) is 24.2. The molecule has 0 aliphatic rings. The SMILES string of the molecule is Nc1c(OCc2ccc(-n3c4ccccc4c4ccc5ccccc5c43)cc2)cc(-c2ccc3ccccc3c2)c2sc3ccccc3c12. The molecule has 0 amide bonds. The average molecular weight is 647 g/mol. The van der Waals surface area contributed by atoms with Gasteiger partial charge in [0.15, 0.2) is 0 Å². The van der Waals surface area contributed by atoms with Crippen molar-refractivity contribution in [3.63, 3.8) is 0 Å². The van der Waals surface area contributed by atoms with E-state index in [4.69, 9.17) is 10.5 Å². The quantitative estimate of drug-likeness (QED) is 0.189. The van der Waals surface area contributed by atoms with Crippen LogP contribution in [0.5, 0.6) is 5.75 Å². The second-order valence-electron chi connectivity index (χ2n) is 12.7. The highest BCUT2D eigenvalue weighted by Crippen LogP contribution is 2.47. The van der Waals surface area contributed by atoms with E-state index in [9.17, 15) is 0 Å². The molecule has 0 bridgehead atoms. The molecule has 10 rings (SSSR count). The zero-order valence-electron chi connectivity index (χ0n) is 26.6. The van der Waals surface area contributed by atoms with Crippen LogP contribution in [0.4, 0.5) is 5.69 Å². The molecule has 0 fully saturated rings. The van der Waals surface area contributed by atoms with Crippen molar-refractivity contribution in [1.82, 2.24) is 4.57 Å². The van der Waals surface area contributed by atoms with E-state index in [1.54, 1.807) is 11.3 Å². The third kappa shape index (κ3) is 4.42. The number of para-hydroxylation sites is 1. The van der Waals surface area contributed by atoms with Crippen molar-refractivity contribution in [2.24, 2.45) is 0 Å². The molecule has 2 heterocycles. The van der Waals surface area contributed by atoms with Gasteiger partial charge in [0.05, 0.1) is 16.7 Å². The molecule has 3 nitrogen and oxygen atoms in total. The lowest BCUT2D eigenvalue weighted by Gasteiger charge is -2.15. The van der Waals surface area contributed by atoms with Crippen LogP contribution in [0, 0.1) is 0 Å². The van der Waals surface area contributed by atoms with E-state index in [-0.39, 0.29) is 0 Å². The molecule has 0 saturated carbocycles. The number of rotatable bonds is 5. The number of benzene rings is 8. The third-order valence-corrected chi connectivity index (χ3v) is 11.1. The van der Waals surface area contributed by atoms with Crippen LogP contribution in [0.2, 0.25) is 0 Å². The predicted molar refractivity (Wildman–Crippen MR) is 209 cm³/mol. The highest BCUT2D eigenvalue weighted by Gasteiger charge is 2.19. The minimum absolute atomic E-state index is 0.408. The highest BCUT2D eigenvalue weighted by molar-refractivity contribution is 7.26. The molecule has 8 aromatic carbocycles. The fourth-order valence-corrected chi connectivity index (χ4v) is 8.75. The average Bonchev–Trinajstić information content (AvgIpc) is 3.72. The standard InChI is InChI=1S/C45H30N2OS/c46-43-40(26-38(32-20-19-29-9-1-2-11-31(29)25-32)45-42(43)37-14-6-8-16-41(37)49-45)48-27-28-17-22-33(23-18-28)47-39-15-7-5-13-35(39)36-24-21-30-10-3-4-12-34(30)44(36)47/h1-26H,27,46H2. The molecule has 0 aliphatic carbocycles. The maximum absolute atomic E-state index is 6.95. The molecular weight excluding hydrogens is 617 g/mol. The number of nitrogen functional groups attached to an aromatic ring is 1. The van der Waals surface area contributed by atoms with Crippen LogP contribution < -0.4 is 10.5 Å². The van der Waals surface area contributed by atoms with E-state index in [0.717, 1.165) is 33.2 Å². The minimum atomic E-state index is 0.408. The van der Waals surface area contributed by atoms with E-state index in [2.05, 4.69) is 162 Å². The topological polar surface area (TPSA) is 40.2 Å². The summed E-state index contributed by atoms with van der Waals surface area (Å²) in [5, 5.41) is 9.66. The van der Waals surface area contributed by atoms with Crippen molar-refractivity contribution >= 4 is 80.5 Å². The number of nitrogens with two attached hydrogens (primary N) is 1. The van der Waals surface area contributed by atoms with Gasteiger partial charge in [-0.2, -0.15) is 0 Å². The summed E-state index contributed by atoms with van der Waals surface area (Å²) < 4.78 is 11.4. The lowest BCUT2D eigenvalue weighted by Crippen LogP contribution is -2.01. The second kappa shape index (κ2) is 11.0. The zero-order valence-corrected chi connectivity index (χ0v) is 27.4. The molecule has 10 aromatic rings. The predicted octanol–water partition coefficient (Wildman–Crippen LogP) is 12.3. The van der Waals surface area contributed by atoms with Crippen molar-refractivity contribution in [2.45, 2.75) is 6.61 Å². The summed E-state index contributed by atoms with van der Waals surface area (Å²) in [5.74, 6) is 0.706. The number of hydrogen-bond acceptors (Lipinski definition) is 3. The van der Waals surface area contributed by atoms with Crippen LogP contribution in [0.25, 0.3) is 80.3 Å². The Kier molecular flexibility index (Phi) is 6.27. The number of anilines is 1. The fraction of sp³-hybridized carbons (Fsp3) is 0.0222. The molecule has 0 spiro atoms. The highest BCUT2D eigenvalue weighted by atomic mass is 32.1. The Bertz CT molecular complexity index is 2900. The molecule has 4 heteroatoms. The molecule has 0 aliphatic heterocycles. The Morgan fingerprint density at radius 2 is 1.27 bits per heavy atom. The van der Waals surface area contributed by atoms with Crippen molar-refractivity contribution in [3.8, 4) is 22.6 Å². The minimum Gasteiger partial charge on any atom is -0.487 e. The summed E-state index contributed by atoms with van der Waals surface area (Å²) in [4.78, 5) is 0. The Labute approximate surface area is 287 Å². The van der Waals surface area contributed by atoms with E-state index in [0.29, 0.717) is 18.0 Å². The number of hydrogen-bond donors (Lipinski definition) is 1.